The van der Waals surface area contributed by atoms with Gasteiger partial charge in [0, 0.05) is 32.0 Å². The zero-order chi connectivity index (χ0) is 21.6. The maximum Gasteiger partial charge on any atom is 0.127 e. The average molecular weight is 430 g/mol. The van der Waals surface area contributed by atoms with Crippen LogP contribution in [-0.2, 0) is 4.52 Å². The minimum absolute atomic E-state index is 0.524. The van der Waals surface area contributed by atoms with Gasteiger partial charge in [0.2, 0.25) is 0 Å². The van der Waals surface area contributed by atoms with Crippen LogP contribution in [0.5, 0.6) is 23.0 Å². The number of hydrogen-bond acceptors (Lipinski definition) is 5. The Balaban J connectivity index is 1.67. The van der Waals surface area contributed by atoms with Gasteiger partial charge in [0.15, 0.2) is 0 Å². The van der Waals surface area contributed by atoms with Crippen molar-refractivity contribution in [2.24, 2.45) is 0 Å². The Kier molecular flexibility index (Phi) is 6.37. The number of anilines is 2. The summed E-state index contributed by atoms with van der Waals surface area (Å²) < 4.78 is 17.7. The van der Waals surface area contributed by atoms with E-state index in [1.54, 1.807) is 12.1 Å². The third-order valence-electron chi connectivity index (χ3n) is 4.78. The minimum Gasteiger partial charge on any atom is -0.457 e. The van der Waals surface area contributed by atoms with Gasteiger partial charge in [0.1, 0.15) is 29.1 Å². The molecular formula is C25H23N2O3P. The van der Waals surface area contributed by atoms with Gasteiger partial charge in [-0.25, -0.2) is 0 Å². The summed E-state index contributed by atoms with van der Waals surface area (Å²) in [5.74, 6) is 2.77. The van der Waals surface area contributed by atoms with E-state index in [-0.39, 0.29) is 0 Å². The van der Waals surface area contributed by atoms with Crippen molar-refractivity contribution in [3.05, 3.63) is 108 Å². The number of nitrogen functional groups attached to an aromatic ring is 2. The molecule has 4 rings (SSSR count). The highest BCUT2D eigenvalue weighted by atomic mass is 31.0. The number of hydrogen-bond donors (Lipinski definition) is 2. The molecule has 0 aliphatic heterocycles. The fraction of sp³-hybridized carbons (Fsp3) is 0.0400. The first-order valence-corrected chi connectivity index (χ1v) is 10.2. The molecule has 1 unspecified atom stereocenters. The Hall–Kier alpha value is -3.53. The van der Waals surface area contributed by atoms with Crippen LogP contribution in [0.1, 0.15) is 17.2 Å². The molecule has 0 bridgehead atoms. The zero-order valence-corrected chi connectivity index (χ0v) is 17.9. The van der Waals surface area contributed by atoms with Crippen molar-refractivity contribution < 1.29 is 14.0 Å². The van der Waals surface area contributed by atoms with Crippen molar-refractivity contribution in [3.8, 4) is 23.0 Å². The number of nitrogens with two attached hydrogens (primary N) is 2. The highest BCUT2D eigenvalue weighted by Gasteiger charge is 2.21. The van der Waals surface area contributed by atoms with Crippen molar-refractivity contribution >= 4 is 20.8 Å². The van der Waals surface area contributed by atoms with E-state index in [4.69, 9.17) is 25.5 Å². The molecule has 6 heteroatoms. The first kappa shape index (κ1) is 20.7. The number of benzene rings is 4. The molecule has 0 saturated carbocycles. The fourth-order valence-corrected chi connectivity index (χ4v) is 3.54. The molecule has 0 saturated heterocycles. The predicted octanol–water partition coefficient (Wildman–Crippen LogP) is 6.33. The lowest BCUT2D eigenvalue weighted by Crippen LogP contribution is -2.08. The van der Waals surface area contributed by atoms with E-state index in [0.29, 0.717) is 22.9 Å². The van der Waals surface area contributed by atoms with Crippen molar-refractivity contribution in [2.75, 3.05) is 11.5 Å². The van der Waals surface area contributed by atoms with Crippen LogP contribution in [0.15, 0.2) is 97.1 Å². The molecule has 0 aromatic heterocycles. The lowest BCUT2D eigenvalue weighted by Gasteiger charge is -2.21. The van der Waals surface area contributed by atoms with Gasteiger partial charge in [-0.2, -0.15) is 0 Å². The van der Waals surface area contributed by atoms with Gasteiger partial charge in [-0.1, -0.05) is 36.4 Å². The molecule has 4 aromatic rings. The summed E-state index contributed by atoms with van der Waals surface area (Å²) >= 11 is 0. The van der Waals surface area contributed by atoms with Crippen LogP contribution in [0.4, 0.5) is 11.4 Å². The Morgan fingerprint density at radius 1 is 0.548 bits per heavy atom. The van der Waals surface area contributed by atoms with Crippen molar-refractivity contribution in [1.29, 1.82) is 0 Å². The van der Waals surface area contributed by atoms with Crippen LogP contribution in [-0.4, -0.2) is 0 Å². The predicted molar refractivity (Wildman–Crippen MR) is 127 cm³/mol. The number of ether oxygens (including phenoxy) is 2. The summed E-state index contributed by atoms with van der Waals surface area (Å²) in [5, 5.41) is 0. The van der Waals surface area contributed by atoms with E-state index in [9.17, 15) is 0 Å². The molecule has 0 heterocycles. The largest absolute Gasteiger partial charge is 0.457 e. The lowest BCUT2D eigenvalue weighted by atomic mass is 9.98. The van der Waals surface area contributed by atoms with E-state index >= 15 is 0 Å². The summed E-state index contributed by atoms with van der Waals surface area (Å²) in [6.45, 7) is 0. The van der Waals surface area contributed by atoms with Gasteiger partial charge in [0.25, 0.3) is 0 Å². The molecule has 1 atom stereocenters. The molecular weight excluding hydrogens is 407 g/mol. The molecule has 0 aliphatic carbocycles. The summed E-state index contributed by atoms with van der Waals surface area (Å²) in [6.07, 6.45) is -0.524. The van der Waals surface area contributed by atoms with Crippen LogP contribution in [0.3, 0.4) is 0 Å². The minimum atomic E-state index is -0.524. The van der Waals surface area contributed by atoms with Gasteiger partial charge in [-0.15, -0.1) is 0 Å². The van der Waals surface area contributed by atoms with Crippen LogP contribution >= 0.6 is 9.47 Å². The standard InChI is InChI=1S/C25H23N2O3P/c26-23-13-11-19(28-17-7-3-1-4-8-17)15-21(23)25(30-31)22-16-20(12-14-24(22)27)29-18-9-5-2-6-10-18/h1-16,25H,26-27,31H2. The van der Waals surface area contributed by atoms with E-state index < -0.39 is 6.10 Å². The highest BCUT2D eigenvalue weighted by molar-refractivity contribution is 7.09. The molecule has 4 N–H and O–H groups in total. The molecule has 0 amide bonds. The third-order valence-corrected chi connectivity index (χ3v) is 5.05. The van der Waals surface area contributed by atoms with Gasteiger partial charge >= 0.3 is 0 Å². The van der Waals surface area contributed by atoms with Gasteiger partial charge in [-0.3, -0.25) is 0 Å². The third kappa shape index (κ3) is 4.97. The summed E-state index contributed by atoms with van der Waals surface area (Å²) in [4.78, 5) is 0. The highest BCUT2D eigenvalue weighted by Crippen LogP contribution is 2.39. The maximum atomic E-state index is 6.29. The van der Waals surface area contributed by atoms with Crippen molar-refractivity contribution in [3.63, 3.8) is 0 Å². The first-order valence-electron chi connectivity index (χ1n) is 9.74. The summed E-state index contributed by atoms with van der Waals surface area (Å²) in [7, 11) is 2.30. The second-order valence-corrected chi connectivity index (χ2v) is 7.20. The monoisotopic (exact) mass is 430 g/mol. The average Bonchev–Trinajstić information content (AvgIpc) is 2.80. The van der Waals surface area contributed by atoms with Crippen LogP contribution in [0.2, 0.25) is 0 Å². The van der Waals surface area contributed by atoms with Crippen LogP contribution < -0.4 is 20.9 Å². The molecule has 0 spiro atoms. The van der Waals surface area contributed by atoms with Gasteiger partial charge in [0.05, 0.1) is 0 Å². The summed E-state index contributed by atoms with van der Waals surface area (Å²) in [5.41, 5.74) is 15.2. The molecule has 0 aliphatic rings. The topological polar surface area (TPSA) is 79.7 Å². The maximum absolute atomic E-state index is 6.29. The second kappa shape index (κ2) is 9.52. The van der Waals surface area contributed by atoms with Gasteiger partial charge in [-0.05, 0) is 60.7 Å². The number of para-hydroxylation sites is 2. The second-order valence-electron chi connectivity index (χ2n) is 6.93. The fourth-order valence-electron chi connectivity index (χ4n) is 3.25. The molecule has 4 aromatic carbocycles. The number of rotatable bonds is 7. The van der Waals surface area contributed by atoms with Crippen molar-refractivity contribution in [1.82, 2.24) is 0 Å². The quantitative estimate of drug-likeness (QED) is 0.264. The van der Waals surface area contributed by atoms with Gasteiger partial charge < -0.3 is 25.5 Å². The Bertz CT molecular complexity index is 1060. The molecule has 5 nitrogen and oxygen atoms in total. The zero-order valence-electron chi connectivity index (χ0n) is 16.8. The van der Waals surface area contributed by atoms with E-state index in [1.165, 1.54) is 0 Å². The molecule has 0 fully saturated rings. The Morgan fingerprint density at radius 3 is 1.35 bits per heavy atom. The van der Waals surface area contributed by atoms with E-state index in [1.807, 2.05) is 84.9 Å². The van der Waals surface area contributed by atoms with Crippen LogP contribution in [0, 0.1) is 0 Å². The normalized spacial score (nSPS) is 10.8. The molecule has 0 radical (unpaired) electrons. The van der Waals surface area contributed by atoms with Crippen LogP contribution in [0.25, 0.3) is 0 Å². The van der Waals surface area contributed by atoms with E-state index in [0.717, 1.165) is 22.6 Å². The SMILES string of the molecule is Nc1ccc(Oc2ccccc2)cc1C(OP)c1cc(Oc2ccccc2)ccc1N. The Morgan fingerprint density at radius 2 is 0.968 bits per heavy atom. The summed E-state index contributed by atoms with van der Waals surface area (Å²) in [6, 6.07) is 30.1. The smallest absolute Gasteiger partial charge is 0.127 e. The first-order chi connectivity index (χ1) is 15.1. The molecule has 31 heavy (non-hydrogen) atoms. The Labute approximate surface area is 183 Å². The van der Waals surface area contributed by atoms with Crippen molar-refractivity contribution in [2.45, 2.75) is 6.10 Å². The lowest BCUT2D eigenvalue weighted by molar-refractivity contribution is 0.294. The van der Waals surface area contributed by atoms with E-state index in [2.05, 4.69) is 9.47 Å². The molecule has 156 valence electrons.